The second-order valence-electron chi connectivity index (χ2n) is 8.14. The smallest absolute Gasteiger partial charge is 0.308 e. The molecule has 2 atom stereocenters. The van der Waals surface area contributed by atoms with Crippen LogP contribution in [0.4, 0.5) is 0 Å². The summed E-state index contributed by atoms with van der Waals surface area (Å²) in [4.78, 5) is 14.3. The van der Waals surface area contributed by atoms with Crippen molar-refractivity contribution in [3.63, 3.8) is 0 Å². The Morgan fingerprint density at radius 3 is 2.50 bits per heavy atom. The van der Waals surface area contributed by atoms with Gasteiger partial charge in [-0.05, 0) is 56.2 Å². The minimum atomic E-state index is -0.681. The third-order valence-electron chi connectivity index (χ3n) is 6.78. The van der Waals surface area contributed by atoms with E-state index >= 15 is 0 Å². The molecule has 5 heteroatoms. The molecular formula is C21H29NO4. The van der Waals surface area contributed by atoms with Gasteiger partial charge in [-0.2, -0.15) is 0 Å². The van der Waals surface area contributed by atoms with Crippen LogP contribution in [-0.2, 0) is 9.53 Å². The fourth-order valence-electron chi connectivity index (χ4n) is 5.21. The van der Waals surface area contributed by atoms with Crippen LogP contribution in [-0.4, -0.2) is 54.4 Å². The summed E-state index contributed by atoms with van der Waals surface area (Å²) in [5.41, 5.74) is 1.24. The first-order valence-corrected chi connectivity index (χ1v) is 9.85. The quantitative estimate of drug-likeness (QED) is 0.894. The van der Waals surface area contributed by atoms with Crippen LogP contribution < -0.4 is 4.74 Å². The third-order valence-corrected chi connectivity index (χ3v) is 6.78. The molecule has 0 unspecified atom stereocenters. The SMILES string of the molecule is COc1ccc([C@@H]2CN([C@H]3CC[C@@]4(CCCO4)CC3)C[C@H]2C(=O)O)cc1. The molecule has 0 amide bonds. The average Bonchev–Trinajstić information content (AvgIpc) is 3.30. The van der Waals surface area contributed by atoms with E-state index in [0.29, 0.717) is 12.6 Å². The van der Waals surface area contributed by atoms with Gasteiger partial charge in [0, 0.05) is 31.7 Å². The molecule has 1 aromatic rings. The highest BCUT2D eigenvalue weighted by Gasteiger charge is 2.45. The average molecular weight is 359 g/mol. The number of ether oxygens (including phenoxy) is 2. The summed E-state index contributed by atoms with van der Waals surface area (Å²) >= 11 is 0. The molecule has 2 aliphatic heterocycles. The number of nitrogens with zero attached hydrogens (tertiary/aromatic N) is 1. The Morgan fingerprint density at radius 2 is 1.92 bits per heavy atom. The molecule has 1 saturated carbocycles. The van der Waals surface area contributed by atoms with Crippen molar-refractivity contribution in [1.29, 1.82) is 0 Å². The van der Waals surface area contributed by atoms with Crippen LogP contribution in [0.15, 0.2) is 24.3 Å². The van der Waals surface area contributed by atoms with Gasteiger partial charge in [0.25, 0.3) is 0 Å². The summed E-state index contributed by atoms with van der Waals surface area (Å²) in [6.07, 6.45) is 6.89. The number of methoxy groups -OCH3 is 1. The molecule has 1 spiro atoms. The van der Waals surface area contributed by atoms with E-state index < -0.39 is 5.97 Å². The summed E-state index contributed by atoms with van der Waals surface area (Å²) in [7, 11) is 1.65. The molecule has 0 radical (unpaired) electrons. The summed E-state index contributed by atoms with van der Waals surface area (Å²) in [5, 5.41) is 9.76. The van der Waals surface area contributed by atoms with Crippen LogP contribution in [0.1, 0.15) is 50.0 Å². The normalized spacial score (nSPS) is 35.0. The molecule has 2 saturated heterocycles. The number of hydrogen-bond acceptors (Lipinski definition) is 4. The molecule has 26 heavy (non-hydrogen) atoms. The number of carboxylic acid groups (broad SMARTS) is 1. The highest BCUT2D eigenvalue weighted by Crippen LogP contribution is 2.43. The maximum atomic E-state index is 11.9. The monoisotopic (exact) mass is 359 g/mol. The van der Waals surface area contributed by atoms with Crippen LogP contribution in [0.5, 0.6) is 5.75 Å². The zero-order chi connectivity index (χ0) is 18.1. The number of likely N-dealkylation sites (tertiary alicyclic amines) is 1. The van der Waals surface area contributed by atoms with Crippen molar-refractivity contribution in [2.24, 2.45) is 5.92 Å². The first kappa shape index (κ1) is 17.8. The largest absolute Gasteiger partial charge is 0.497 e. The van der Waals surface area contributed by atoms with E-state index in [-0.39, 0.29) is 17.4 Å². The van der Waals surface area contributed by atoms with Crippen LogP contribution in [0.25, 0.3) is 0 Å². The Morgan fingerprint density at radius 1 is 1.19 bits per heavy atom. The molecule has 5 nitrogen and oxygen atoms in total. The second-order valence-corrected chi connectivity index (χ2v) is 8.14. The summed E-state index contributed by atoms with van der Waals surface area (Å²) < 4.78 is 11.3. The Hall–Kier alpha value is -1.59. The van der Waals surface area contributed by atoms with Crippen molar-refractivity contribution < 1.29 is 19.4 Å². The van der Waals surface area contributed by atoms with Crippen LogP contribution in [0.3, 0.4) is 0 Å². The Kier molecular flexibility index (Phi) is 4.93. The summed E-state index contributed by atoms with van der Waals surface area (Å²) in [6, 6.07) is 8.39. The zero-order valence-electron chi connectivity index (χ0n) is 15.5. The molecule has 142 valence electrons. The van der Waals surface area contributed by atoms with Gasteiger partial charge in [0.1, 0.15) is 5.75 Å². The summed E-state index contributed by atoms with van der Waals surface area (Å²) in [6.45, 7) is 2.40. The van der Waals surface area contributed by atoms with E-state index in [4.69, 9.17) is 9.47 Å². The Balaban J connectivity index is 1.44. The molecule has 2 heterocycles. The summed E-state index contributed by atoms with van der Waals surface area (Å²) in [5.74, 6) is -0.150. The van der Waals surface area contributed by atoms with Gasteiger partial charge in [-0.1, -0.05) is 12.1 Å². The van der Waals surface area contributed by atoms with E-state index in [1.54, 1.807) is 7.11 Å². The highest BCUT2D eigenvalue weighted by molar-refractivity contribution is 5.72. The molecule has 3 fully saturated rings. The second kappa shape index (κ2) is 7.20. The lowest BCUT2D eigenvalue weighted by Crippen LogP contribution is -2.42. The van der Waals surface area contributed by atoms with E-state index in [0.717, 1.165) is 50.1 Å². The zero-order valence-corrected chi connectivity index (χ0v) is 15.5. The minimum absolute atomic E-state index is 0.0528. The van der Waals surface area contributed by atoms with Crippen molar-refractivity contribution in [3.8, 4) is 5.75 Å². The van der Waals surface area contributed by atoms with Gasteiger partial charge in [0.15, 0.2) is 0 Å². The highest BCUT2D eigenvalue weighted by atomic mass is 16.5. The lowest BCUT2D eigenvalue weighted by Gasteiger charge is -2.40. The fraction of sp³-hybridized carbons (Fsp3) is 0.667. The predicted octanol–water partition coefficient (Wildman–Crippen LogP) is 3.29. The molecule has 1 aliphatic carbocycles. The van der Waals surface area contributed by atoms with Gasteiger partial charge in [0.05, 0.1) is 18.6 Å². The first-order chi connectivity index (χ1) is 12.6. The van der Waals surface area contributed by atoms with Gasteiger partial charge in [0.2, 0.25) is 0 Å². The topological polar surface area (TPSA) is 59.0 Å². The van der Waals surface area contributed by atoms with Gasteiger partial charge < -0.3 is 14.6 Å². The van der Waals surface area contributed by atoms with E-state index in [9.17, 15) is 9.90 Å². The van der Waals surface area contributed by atoms with Crippen molar-refractivity contribution >= 4 is 5.97 Å². The Labute approximate surface area is 155 Å². The molecule has 0 bridgehead atoms. The number of benzene rings is 1. The number of rotatable bonds is 4. The number of carboxylic acids is 1. The first-order valence-electron chi connectivity index (χ1n) is 9.85. The lowest BCUT2D eigenvalue weighted by atomic mass is 9.80. The van der Waals surface area contributed by atoms with E-state index in [1.165, 1.54) is 12.8 Å². The molecule has 3 aliphatic rings. The number of aliphatic carboxylic acids is 1. The predicted molar refractivity (Wildman–Crippen MR) is 98.6 cm³/mol. The molecule has 1 N–H and O–H groups in total. The molecular weight excluding hydrogens is 330 g/mol. The van der Waals surface area contributed by atoms with E-state index in [1.807, 2.05) is 24.3 Å². The molecule has 1 aromatic carbocycles. The van der Waals surface area contributed by atoms with E-state index in [2.05, 4.69) is 4.90 Å². The third kappa shape index (κ3) is 3.35. The van der Waals surface area contributed by atoms with Crippen molar-refractivity contribution in [3.05, 3.63) is 29.8 Å². The van der Waals surface area contributed by atoms with Crippen molar-refractivity contribution in [2.45, 2.75) is 56.1 Å². The minimum Gasteiger partial charge on any atom is -0.497 e. The van der Waals surface area contributed by atoms with Crippen LogP contribution in [0, 0.1) is 5.92 Å². The molecule has 4 rings (SSSR count). The van der Waals surface area contributed by atoms with Crippen LogP contribution in [0.2, 0.25) is 0 Å². The fourth-order valence-corrected chi connectivity index (χ4v) is 5.21. The van der Waals surface area contributed by atoms with Crippen molar-refractivity contribution in [2.75, 3.05) is 26.8 Å². The van der Waals surface area contributed by atoms with Crippen molar-refractivity contribution in [1.82, 2.24) is 4.90 Å². The number of hydrogen-bond donors (Lipinski definition) is 1. The van der Waals surface area contributed by atoms with Gasteiger partial charge in [-0.15, -0.1) is 0 Å². The maximum Gasteiger partial charge on any atom is 0.308 e. The molecule has 0 aromatic heterocycles. The van der Waals surface area contributed by atoms with Gasteiger partial charge in [-0.3, -0.25) is 9.69 Å². The van der Waals surface area contributed by atoms with Gasteiger partial charge >= 0.3 is 5.97 Å². The maximum absolute atomic E-state index is 11.9. The Bertz CT molecular complexity index is 628. The van der Waals surface area contributed by atoms with Gasteiger partial charge in [-0.25, -0.2) is 0 Å². The standard InChI is InChI=1S/C21H29NO4/c1-25-17-5-3-15(4-6-17)18-13-22(14-19(18)20(23)24)16-7-10-21(11-8-16)9-2-12-26-21/h3-6,16,18-19H,2,7-14H2,1H3,(H,23,24)/t16-,18-,19+,21-/m0/s1. The lowest BCUT2D eigenvalue weighted by molar-refractivity contribution is -0.141. The number of carbonyl (C=O) groups is 1. The van der Waals surface area contributed by atoms with Crippen LogP contribution >= 0.6 is 0 Å².